The topological polar surface area (TPSA) is 63.2 Å². The maximum absolute atomic E-state index is 13.5. The van der Waals surface area contributed by atoms with Crippen LogP contribution in [0.4, 0.5) is 4.39 Å². The van der Waals surface area contributed by atoms with Gasteiger partial charge in [-0.3, -0.25) is 9.78 Å². The summed E-state index contributed by atoms with van der Waals surface area (Å²) in [6, 6.07) is 20.7. The molecule has 2 N–H and O–H groups in total. The van der Waals surface area contributed by atoms with Crippen LogP contribution in [0.25, 0.3) is 22.0 Å². The van der Waals surface area contributed by atoms with Crippen LogP contribution in [-0.2, 0) is 5.54 Å². The Bertz CT molecular complexity index is 1440. The predicted molar refractivity (Wildman–Crippen MR) is 139 cm³/mol. The number of rotatable bonds is 7. The number of nitrogens with zero attached hydrogens (tertiary/aromatic N) is 1. The number of benzene rings is 3. The number of halogens is 1. The maximum Gasteiger partial charge on any atom is 0.252 e. The Morgan fingerprint density at radius 3 is 2.64 bits per heavy atom. The molecule has 1 aliphatic heterocycles. The van der Waals surface area contributed by atoms with Crippen molar-refractivity contribution in [1.29, 1.82) is 0 Å². The number of carbonyl (C=O) groups is 1. The predicted octanol–water partition coefficient (Wildman–Crippen LogP) is 5.51. The summed E-state index contributed by atoms with van der Waals surface area (Å²) in [7, 11) is 0. The van der Waals surface area contributed by atoms with E-state index in [4.69, 9.17) is 4.74 Å². The molecule has 36 heavy (non-hydrogen) atoms. The minimum atomic E-state index is -0.465. The lowest BCUT2D eigenvalue weighted by Gasteiger charge is -2.27. The largest absolute Gasteiger partial charge is 0.492 e. The molecule has 182 valence electrons. The van der Waals surface area contributed by atoms with Crippen molar-refractivity contribution in [3.63, 3.8) is 0 Å². The second kappa shape index (κ2) is 9.03. The van der Waals surface area contributed by atoms with Crippen LogP contribution in [0, 0.1) is 12.7 Å². The number of amides is 1. The zero-order valence-electron chi connectivity index (χ0n) is 20.2. The lowest BCUT2D eigenvalue weighted by molar-refractivity contribution is 0.0930. The van der Waals surface area contributed by atoms with Gasteiger partial charge in [-0.2, -0.15) is 0 Å². The second-order valence-electron chi connectivity index (χ2n) is 9.86. The van der Waals surface area contributed by atoms with Crippen LogP contribution in [0.2, 0.25) is 0 Å². The molecule has 0 spiro atoms. The third-order valence-electron chi connectivity index (χ3n) is 7.35. The van der Waals surface area contributed by atoms with Crippen LogP contribution in [0.3, 0.4) is 0 Å². The van der Waals surface area contributed by atoms with Gasteiger partial charge in [0, 0.05) is 23.2 Å². The Morgan fingerprint density at radius 1 is 1.11 bits per heavy atom. The molecule has 3 aromatic carbocycles. The summed E-state index contributed by atoms with van der Waals surface area (Å²) < 4.78 is 19.5. The molecule has 1 amide bonds. The molecule has 0 bridgehead atoms. The fraction of sp³-hybridized carbons (Fsp3) is 0.267. The molecule has 2 heterocycles. The molecule has 6 heteroatoms. The number of carbonyl (C=O) groups excluding carboxylic acids is 1. The number of aromatic nitrogens is 1. The highest BCUT2D eigenvalue weighted by Gasteiger charge is 2.47. The third-order valence-corrected chi connectivity index (χ3v) is 7.35. The highest BCUT2D eigenvalue weighted by atomic mass is 19.1. The van der Waals surface area contributed by atoms with Crippen LogP contribution in [0.15, 0.2) is 72.9 Å². The summed E-state index contributed by atoms with van der Waals surface area (Å²) in [5.41, 5.74) is 4.82. The van der Waals surface area contributed by atoms with E-state index in [1.807, 2.05) is 43.3 Å². The Hall–Kier alpha value is -3.77. The second-order valence-corrected chi connectivity index (χ2v) is 9.86. The fourth-order valence-corrected chi connectivity index (χ4v) is 4.88. The van der Waals surface area contributed by atoms with Crippen molar-refractivity contribution in [3.05, 3.63) is 95.4 Å². The van der Waals surface area contributed by atoms with Gasteiger partial charge < -0.3 is 15.4 Å². The van der Waals surface area contributed by atoms with E-state index in [0.29, 0.717) is 24.0 Å². The van der Waals surface area contributed by atoms with E-state index in [2.05, 4.69) is 21.7 Å². The number of nitrogens with one attached hydrogen (secondary N) is 2. The van der Waals surface area contributed by atoms with E-state index in [-0.39, 0.29) is 11.7 Å². The van der Waals surface area contributed by atoms with Crippen molar-refractivity contribution in [2.45, 2.75) is 37.8 Å². The summed E-state index contributed by atoms with van der Waals surface area (Å²) in [6.45, 7) is 3.58. The fourth-order valence-electron chi connectivity index (χ4n) is 4.88. The molecule has 1 atom stereocenters. The standard InChI is InChI=1S/C30H28FN3O2/c1-19-4-9-24(36-18-23-10-14-32-23)17-26(19)29(35)34-30(11-12-30)27-15-21(20-5-7-22(31)8-6-20)16-28-25(27)3-2-13-33-28/h2-9,13,15-17,23,32H,10-12,14,18H2,1H3,(H,34,35). The number of hydrogen-bond donors (Lipinski definition) is 2. The maximum atomic E-state index is 13.5. The van der Waals surface area contributed by atoms with Crippen molar-refractivity contribution < 1.29 is 13.9 Å². The average Bonchev–Trinajstić information content (AvgIpc) is 3.64. The van der Waals surface area contributed by atoms with E-state index >= 15 is 0 Å². The first-order valence-electron chi connectivity index (χ1n) is 12.5. The average molecular weight is 482 g/mol. The van der Waals surface area contributed by atoms with Gasteiger partial charge >= 0.3 is 0 Å². The summed E-state index contributed by atoms with van der Waals surface area (Å²) in [5, 5.41) is 7.68. The molecule has 2 fully saturated rings. The molecule has 1 aliphatic carbocycles. The zero-order valence-corrected chi connectivity index (χ0v) is 20.2. The van der Waals surface area contributed by atoms with Crippen molar-refractivity contribution >= 4 is 16.8 Å². The van der Waals surface area contributed by atoms with E-state index in [1.54, 1.807) is 18.3 Å². The first-order valence-corrected chi connectivity index (χ1v) is 12.5. The summed E-state index contributed by atoms with van der Waals surface area (Å²) in [6.07, 6.45) is 4.57. The lowest BCUT2D eigenvalue weighted by atomic mass is 9.93. The minimum Gasteiger partial charge on any atom is -0.492 e. The smallest absolute Gasteiger partial charge is 0.252 e. The van der Waals surface area contributed by atoms with Gasteiger partial charge in [0.2, 0.25) is 0 Å². The van der Waals surface area contributed by atoms with Crippen LogP contribution in [0.1, 0.15) is 40.7 Å². The molecular weight excluding hydrogens is 453 g/mol. The van der Waals surface area contributed by atoms with Crippen LogP contribution >= 0.6 is 0 Å². The summed E-state index contributed by atoms with van der Waals surface area (Å²) >= 11 is 0. The van der Waals surface area contributed by atoms with Crippen molar-refractivity contribution in [1.82, 2.24) is 15.6 Å². The molecule has 5 nitrogen and oxygen atoms in total. The number of pyridine rings is 1. The van der Waals surface area contributed by atoms with Crippen molar-refractivity contribution in [2.75, 3.05) is 13.2 Å². The van der Waals surface area contributed by atoms with Gasteiger partial charge in [0.05, 0.1) is 11.1 Å². The van der Waals surface area contributed by atoms with E-state index in [1.165, 1.54) is 12.1 Å². The normalized spacial score (nSPS) is 17.9. The van der Waals surface area contributed by atoms with E-state index < -0.39 is 5.54 Å². The number of ether oxygens (including phenoxy) is 1. The van der Waals surface area contributed by atoms with Gasteiger partial charge in [-0.05, 0) is 97.4 Å². The zero-order chi connectivity index (χ0) is 24.7. The minimum absolute atomic E-state index is 0.110. The molecule has 6 rings (SSSR count). The van der Waals surface area contributed by atoms with Gasteiger partial charge in [-0.1, -0.05) is 24.3 Å². The first-order chi connectivity index (χ1) is 17.5. The summed E-state index contributed by atoms with van der Waals surface area (Å²) in [5.74, 6) is 0.327. The van der Waals surface area contributed by atoms with Gasteiger partial charge in [0.15, 0.2) is 0 Å². The van der Waals surface area contributed by atoms with Crippen LogP contribution in [0.5, 0.6) is 5.75 Å². The number of aryl methyl sites for hydroxylation is 1. The summed E-state index contributed by atoms with van der Waals surface area (Å²) in [4.78, 5) is 18.1. The van der Waals surface area contributed by atoms with E-state index in [9.17, 15) is 9.18 Å². The Kier molecular flexibility index (Phi) is 5.69. The quantitative estimate of drug-likeness (QED) is 0.365. The van der Waals surface area contributed by atoms with Crippen molar-refractivity contribution in [2.24, 2.45) is 0 Å². The van der Waals surface area contributed by atoms with Gasteiger partial charge in [0.25, 0.3) is 5.91 Å². The SMILES string of the molecule is Cc1ccc(OCC2CCN2)cc1C(=O)NC1(c2cc(-c3ccc(F)cc3)cc3ncccc23)CC1. The number of fused-ring (bicyclic) bond motifs is 1. The Labute approximate surface area is 209 Å². The van der Waals surface area contributed by atoms with Crippen LogP contribution < -0.4 is 15.4 Å². The molecular formula is C30H28FN3O2. The molecule has 0 radical (unpaired) electrons. The third kappa shape index (κ3) is 4.33. The monoisotopic (exact) mass is 481 g/mol. The molecule has 1 unspecified atom stereocenters. The Balaban J connectivity index is 1.32. The highest BCUT2D eigenvalue weighted by molar-refractivity contribution is 5.98. The number of hydrogen-bond acceptors (Lipinski definition) is 4. The van der Waals surface area contributed by atoms with Gasteiger partial charge in [-0.15, -0.1) is 0 Å². The molecule has 1 saturated carbocycles. The van der Waals surface area contributed by atoms with Crippen LogP contribution in [-0.4, -0.2) is 30.1 Å². The Morgan fingerprint density at radius 2 is 1.92 bits per heavy atom. The van der Waals surface area contributed by atoms with Crippen molar-refractivity contribution in [3.8, 4) is 16.9 Å². The van der Waals surface area contributed by atoms with E-state index in [0.717, 1.165) is 59.0 Å². The first kappa shape index (κ1) is 22.7. The molecule has 1 aromatic heterocycles. The van der Waals surface area contributed by atoms with Gasteiger partial charge in [0.1, 0.15) is 18.2 Å². The van der Waals surface area contributed by atoms with Gasteiger partial charge in [-0.25, -0.2) is 4.39 Å². The lowest BCUT2D eigenvalue weighted by Crippen LogP contribution is -2.46. The molecule has 2 aliphatic rings. The highest BCUT2D eigenvalue weighted by Crippen LogP contribution is 2.49. The molecule has 1 saturated heterocycles. The molecule has 4 aromatic rings.